The van der Waals surface area contributed by atoms with Crippen LogP contribution in [0.15, 0.2) is 47.2 Å². The van der Waals surface area contributed by atoms with Gasteiger partial charge in [-0.2, -0.15) is 0 Å². The van der Waals surface area contributed by atoms with Crippen LogP contribution in [0, 0.1) is 20.8 Å². The molecule has 0 saturated heterocycles. The van der Waals surface area contributed by atoms with E-state index in [0.29, 0.717) is 16.8 Å². The highest BCUT2D eigenvalue weighted by Crippen LogP contribution is 2.32. The minimum atomic E-state index is -0.496. The lowest BCUT2D eigenvalue weighted by Gasteiger charge is -2.10. The molecule has 1 aliphatic rings. The van der Waals surface area contributed by atoms with Crippen molar-refractivity contribution < 1.29 is 14.3 Å². The fourth-order valence-electron chi connectivity index (χ4n) is 3.55. The summed E-state index contributed by atoms with van der Waals surface area (Å²) in [5.74, 6) is -0.697. The average molecular weight is 364 g/mol. The molecule has 0 saturated carbocycles. The van der Waals surface area contributed by atoms with Gasteiger partial charge in [0.05, 0.1) is 18.3 Å². The number of aryl methyl sites for hydroxylation is 2. The summed E-state index contributed by atoms with van der Waals surface area (Å²) in [6.07, 6.45) is 1.79. The van der Waals surface area contributed by atoms with Crippen LogP contribution in [0.2, 0.25) is 0 Å². The summed E-state index contributed by atoms with van der Waals surface area (Å²) in [5.41, 5.74) is 6.52. The molecule has 0 bridgehead atoms. The largest absolute Gasteiger partial charge is 0.465 e. The second kappa shape index (κ2) is 6.91. The Morgan fingerprint density at radius 3 is 2.44 bits per heavy atom. The molecular formula is C22H24N2O3. The highest BCUT2D eigenvalue weighted by molar-refractivity contribution is 6.16. The number of aromatic nitrogens is 1. The molecule has 2 aromatic rings. The SMILES string of the molecule is COC(=O)C1=C(C)N(C)C(=O)/C1=C\c1cc(C)n(-c2cccc(C)c2)c1C. The molecule has 0 spiro atoms. The third-order valence-electron chi connectivity index (χ3n) is 5.09. The van der Waals surface area contributed by atoms with Gasteiger partial charge in [-0.1, -0.05) is 12.1 Å². The number of carbonyl (C=O) groups is 2. The van der Waals surface area contributed by atoms with Crippen LogP contribution in [0.5, 0.6) is 0 Å². The normalized spacial score (nSPS) is 15.9. The Bertz CT molecular complexity index is 1010. The van der Waals surface area contributed by atoms with Gasteiger partial charge >= 0.3 is 5.97 Å². The maximum absolute atomic E-state index is 12.7. The van der Waals surface area contributed by atoms with E-state index >= 15 is 0 Å². The van der Waals surface area contributed by atoms with Gasteiger partial charge in [0.2, 0.25) is 0 Å². The fourth-order valence-corrected chi connectivity index (χ4v) is 3.55. The van der Waals surface area contributed by atoms with E-state index in [1.54, 1.807) is 20.0 Å². The van der Waals surface area contributed by atoms with Gasteiger partial charge in [0.1, 0.15) is 0 Å². The van der Waals surface area contributed by atoms with Crippen LogP contribution in [-0.4, -0.2) is 35.5 Å². The average Bonchev–Trinajstić information content (AvgIpc) is 3.03. The number of ether oxygens (including phenoxy) is 1. The Hall–Kier alpha value is -3.08. The quantitative estimate of drug-likeness (QED) is 0.616. The van der Waals surface area contributed by atoms with Gasteiger partial charge in [0, 0.05) is 29.8 Å². The lowest BCUT2D eigenvalue weighted by Crippen LogP contribution is -2.19. The molecule has 0 radical (unpaired) electrons. The first kappa shape index (κ1) is 18.7. The molecule has 5 heteroatoms. The molecule has 0 aliphatic carbocycles. The maximum Gasteiger partial charge on any atom is 0.340 e. The molecule has 3 rings (SSSR count). The second-order valence-electron chi connectivity index (χ2n) is 6.88. The first-order valence-corrected chi connectivity index (χ1v) is 8.81. The number of nitrogens with zero attached hydrogens (tertiary/aromatic N) is 2. The van der Waals surface area contributed by atoms with Crippen molar-refractivity contribution in [2.45, 2.75) is 27.7 Å². The van der Waals surface area contributed by atoms with E-state index in [2.05, 4.69) is 29.7 Å². The monoisotopic (exact) mass is 364 g/mol. The van der Waals surface area contributed by atoms with E-state index in [-0.39, 0.29) is 5.91 Å². The zero-order valence-electron chi connectivity index (χ0n) is 16.6. The molecule has 1 aromatic heterocycles. The molecule has 5 nitrogen and oxygen atoms in total. The third-order valence-corrected chi connectivity index (χ3v) is 5.09. The van der Waals surface area contributed by atoms with Crippen molar-refractivity contribution in [3.8, 4) is 5.69 Å². The lowest BCUT2D eigenvalue weighted by molar-refractivity contribution is -0.136. The number of carbonyl (C=O) groups excluding carboxylic acids is 2. The highest BCUT2D eigenvalue weighted by Gasteiger charge is 2.35. The summed E-state index contributed by atoms with van der Waals surface area (Å²) in [5, 5.41) is 0. The summed E-state index contributed by atoms with van der Waals surface area (Å²) >= 11 is 0. The summed E-state index contributed by atoms with van der Waals surface area (Å²) in [7, 11) is 2.99. The molecule has 0 atom stereocenters. The Balaban J connectivity index is 2.14. The topological polar surface area (TPSA) is 51.5 Å². The molecule has 0 unspecified atom stereocenters. The molecule has 1 aromatic carbocycles. The van der Waals surface area contributed by atoms with E-state index in [4.69, 9.17) is 4.74 Å². The minimum Gasteiger partial charge on any atom is -0.465 e. The summed E-state index contributed by atoms with van der Waals surface area (Å²) < 4.78 is 7.04. The number of rotatable bonds is 3. The second-order valence-corrected chi connectivity index (χ2v) is 6.88. The number of allylic oxidation sites excluding steroid dienone is 1. The summed E-state index contributed by atoms with van der Waals surface area (Å²) in [6.45, 7) is 7.85. The predicted octanol–water partition coefficient (Wildman–Crippen LogP) is 3.70. The Morgan fingerprint density at radius 2 is 1.81 bits per heavy atom. The van der Waals surface area contributed by atoms with Crippen LogP contribution in [0.3, 0.4) is 0 Å². The van der Waals surface area contributed by atoms with Crippen molar-refractivity contribution in [2.24, 2.45) is 0 Å². The standard InChI is InChI=1S/C22H24N2O3/c1-13-8-7-9-18(10-13)24-14(2)11-17(15(24)3)12-19-20(22(26)27-6)16(4)23(5)21(19)25/h7-12H,1-6H3/b19-12-. The van der Waals surface area contributed by atoms with Crippen LogP contribution >= 0.6 is 0 Å². The molecule has 0 fully saturated rings. The van der Waals surface area contributed by atoms with E-state index in [1.165, 1.54) is 17.6 Å². The number of methoxy groups -OCH3 is 1. The molecule has 140 valence electrons. The van der Waals surface area contributed by atoms with Crippen molar-refractivity contribution in [3.05, 3.63) is 69.7 Å². The smallest absolute Gasteiger partial charge is 0.340 e. The maximum atomic E-state index is 12.7. The molecule has 2 heterocycles. The van der Waals surface area contributed by atoms with Crippen molar-refractivity contribution in [3.63, 3.8) is 0 Å². The molecule has 1 amide bonds. The number of hydrogen-bond acceptors (Lipinski definition) is 3. The first-order chi connectivity index (χ1) is 12.8. The zero-order chi connectivity index (χ0) is 19.9. The summed E-state index contributed by atoms with van der Waals surface area (Å²) in [4.78, 5) is 26.4. The van der Waals surface area contributed by atoms with E-state index in [1.807, 2.05) is 26.0 Å². The predicted molar refractivity (Wildman–Crippen MR) is 105 cm³/mol. The minimum absolute atomic E-state index is 0.201. The number of hydrogen-bond donors (Lipinski definition) is 0. The fraction of sp³-hybridized carbons (Fsp3) is 0.273. The number of likely N-dealkylation sites (N-methyl/N-ethyl adjacent to an activating group) is 1. The Kier molecular flexibility index (Phi) is 4.79. The van der Waals surface area contributed by atoms with Gasteiger partial charge in [-0.3, -0.25) is 4.79 Å². The molecular weight excluding hydrogens is 340 g/mol. The van der Waals surface area contributed by atoms with Crippen molar-refractivity contribution in [1.82, 2.24) is 9.47 Å². The molecule has 27 heavy (non-hydrogen) atoms. The van der Waals surface area contributed by atoms with E-state index in [0.717, 1.165) is 22.6 Å². The Labute approximate surface area is 159 Å². The van der Waals surface area contributed by atoms with Crippen LogP contribution in [0.1, 0.15) is 29.4 Å². The number of esters is 1. The number of benzene rings is 1. The Morgan fingerprint density at radius 1 is 1.11 bits per heavy atom. The van der Waals surface area contributed by atoms with Crippen molar-refractivity contribution in [1.29, 1.82) is 0 Å². The van der Waals surface area contributed by atoms with Gasteiger partial charge in [-0.15, -0.1) is 0 Å². The van der Waals surface area contributed by atoms with E-state index < -0.39 is 5.97 Å². The summed E-state index contributed by atoms with van der Waals surface area (Å²) in [6, 6.07) is 10.3. The van der Waals surface area contributed by atoms with Crippen LogP contribution in [-0.2, 0) is 14.3 Å². The lowest BCUT2D eigenvalue weighted by atomic mass is 10.0. The van der Waals surface area contributed by atoms with Crippen molar-refractivity contribution in [2.75, 3.05) is 14.2 Å². The van der Waals surface area contributed by atoms with Gasteiger partial charge in [0.25, 0.3) is 5.91 Å². The molecule has 1 aliphatic heterocycles. The van der Waals surface area contributed by atoms with Gasteiger partial charge < -0.3 is 14.2 Å². The zero-order valence-corrected chi connectivity index (χ0v) is 16.6. The van der Waals surface area contributed by atoms with Crippen molar-refractivity contribution >= 4 is 18.0 Å². The van der Waals surface area contributed by atoms with E-state index in [9.17, 15) is 9.59 Å². The van der Waals surface area contributed by atoms with Gasteiger partial charge in [0.15, 0.2) is 0 Å². The highest BCUT2D eigenvalue weighted by atomic mass is 16.5. The molecule has 0 N–H and O–H groups in total. The van der Waals surface area contributed by atoms with Crippen LogP contribution < -0.4 is 0 Å². The van der Waals surface area contributed by atoms with Crippen LogP contribution in [0.25, 0.3) is 11.8 Å². The van der Waals surface area contributed by atoms with Gasteiger partial charge in [-0.25, -0.2) is 4.79 Å². The van der Waals surface area contributed by atoms with Gasteiger partial charge in [-0.05, 0) is 63.1 Å². The first-order valence-electron chi connectivity index (χ1n) is 8.81. The van der Waals surface area contributed by atoms with Crippen LogP contribution in [0.4, 0.5) is 0 Å². The third kappa shape index (κ3) is 3.10. The number of amides is 1.